The number of methoxy groups -OCH3 is 1. The van der Waals surface area contributed by atoms with Crippen LogP contribution < -0.4 is 4.74 Å². The molecule has 2 rings (SSSR count). The Hall–Kier alpha value is -2.43. The van der Waals surface area contributed by atoms with Gasteiger partial charge in [-0.25, -0.2) is 0 Å². The standard InChI is InChI=1S/C15H10N2OS/c1-18-13-5-7-14(8-6-13)19-15-11(9-16)3-2-4-12(15)10-17/h2-8H,1H3. The molecular formula is C15H10N2OS. The molecule has 19 heavy (non-hydrogen) atoms. The molecule has 92 valence electrons. The summed E-state index contributed by atoms with van der Waals surface area (Å²) in [7, 11) is 1.61. The number of hydrogen-bond donors (Lipinski definition) is 0. The molecule has 4 heteroatoms. The summed E-state index contributed by atoms with van der Waals surface area (Å²) < 4.78 is 5.10. The largest absolute Gasteiger partial charge is 0.497 e. The molecule has 0 spiro atoms. The molecule has 0 unspecified atom stereocenters. The van der Waals surface area contributed by atoms with Crippen LogP contribution in [0.3, 0.4) is 0 Å². The molecule has 0 aliphatic heterocycles. The maximum Gasteiger partial charge on any atom is 0.118 e. The van der Waals surface area contributed by atoms with E-state index in [0.717, 1.165) is 10.6 Å². The Morgan fingerprint density at radius 2 is 1.53 bits per heavy atom. The number of nitriles is 2. The van der Waals surface area contributed by atoms with Gasteiger partial charge in [0.05, 0.1) is 18.2 Å². The molecular weight excluding hydrogens is 256 g/mol. The lowest BCUT2D eigenvalue weighted by molar-refractivity contribution is 0.414. The van der Waals surface area contributed by atoms with Crippen LogP contribution >= 0.6 is 11.8 Å². The van der Waals surface area contributed by atoms with E-state index in [9.17, 15) is 0 Å². The number of rotatable bonds is 3. The second-order valence-corrected chi connectivity index (χ2v) is 4.77. The monoisotopic (exact) mass is 266 g/mol. The Morgan fingerprint density at radius 1 is 0.947 bits per heavy atom. The predicted molar refractivity (Wildman–Crippen MR) is 73.0 cm³/mol. The number of ether oxygens (including phenoxy) is 1. The average molecular weight is 266 g/mol. The van der Waals surface area contributed by atoms with Crippen LogP contribution in [-0.2, 0) is 0 Å². The van der Waals surface area contributed by atoms with Crippen molar-refractivity contribution in [2.75, 3.05) is 7.11 Å². The molecule has 0 aliphatic rings. The third kappa shape index (κ3) is 2.88. The van der Waals surface area contributed by atoms with Crippen molar-refractivity contribution in [3.8, 4) is 17.9 Å². The van der Waals surface area contributed by atoms with Gasteiger partial charge in [0.1, 0.15) is 17.9 Å². The van der Waals surface area contributed by atoms with Gasteiger partial charge in [0, 0.05) is 9.79 Å². The van der Waals surface area contributed by atoms with E-state index < -0.39 is 0 Å². The van der Waals surface area contributed by atoms with Crippen LogP contribution in [0.25, 0.3) is 0 Å². The van der Waals surface area contributed by atoms with Gasteiger partial charge in [-0.05, 0) is 36.4 Å². The van der Waals surface area contributed by atoms with Crippen molar-refractivity contribution in [3.63, 3.8) is 0 Å². The first kappa shape index (κ1) is 13.0. The molecule has 0 N–H and O–H groups in total. The molecule has 0 saturated heterocycles. The predicted octanol–water partition coefficient (Wildman–Crippen LogP) is 3.59. The van der Waals surface area contributed by atoms with Crippen LogP contribution in [0, 0.1) is 22.7 Å². The molecule has 2 aromatic rings. The zero-order valence-corrected chi connectivity index (χ0v) is 11.1. The Kier molecular flexibility index (Phi) is 4.07. The highest BCUT2D eigenvalue weighted by Crippen LogP contribution is 2.33. The maximum absolute atomic E-state index is 9.11. The van der Waals surface area contributed by atoms with E-state index in [1.165, 1.54) is 11.8 Å². The summed E-state index contributed by atoms with van der Waals surface area (Å²) in [5, 5.41) is 18.2. The van der Waals surface area contributed by atoms with Crippen molar-refractivity contribution in [2.45, 2.75) is 9.79 Å². The third-order valence-electron chi connectivity index (χ3n) is 2.54. The minimum absolute atomic E-state index is 0.514. The number of hydrogen-bond acceptors (Lipinski definition) is 4. The average Bonchev–Trinajstić information content (AvgIpc) is 2.48. The summed E-state index contributed by atoms with van der Waals surface area (Å²) in [6.45, 7) is 0. The summed E-state index contributed by atoms with van der Waals surface area (Å²) in [6, 6.07) is 16.9. The Balaban J connectivity index is 2.37. The summed E-state index contributed by atoms with van der Waals surface area (Å²) >= 11 is 1.41. The van der Waals surface area contributed by atoms with Gasteiger partial charge >= 0.3 is 0 Å². The molecule has 0 heterocycles. The van der Waals surface area contributed by atoms with Crippen molar-refractivity contribution < 1.29 is 4.74 Å². The normalized spacial score (nSPS) is 9.42. The lowest BCUT2D eigenvalue weighted by Gasteiger charge is -2.06. The molecule has 0 amide bonds. The van der Waals surface area contributed by atoms with Crippen molar-refractivity contribution in [1.82, 2.24) is 0 Å². The fourth-order valence-electron chi connectivity index (χ4n) is 1.58. The highest BCUT2D eigenvalue weighted by Gasteiger charge is 2.09. The molecule has 2 aromatic carbocycles. The summed E-state index contributed by atoms with van der Waals surface area (Å²) in [5.41, 5.74) is 1.03. The minimum atomic E-state index is 0.514. The second-order valence-electron chi connectivity index (χ2n) is 3.68. The van der Waals surface area contributed by atoms with Crippen LogP contribution in [0.1, 0.15) is 11.1 Å². The van der Waals surface area contributed by atoms with Gasteiger partial charge in [-0.15, -0.1) is 0 Å². The minimum Gasteiger partial charge on any atom is -0.497 e. The van der Waals surface area contributed by atoms with Gasteiger partial charge in [-0.3, -0.25) is 0 Å². The van der Waals surface area contributed by atoms with Gasteiger partial charge in [-0.2, -0.15) is 10.5 Å². The van der Waals surface area contributed by atoms with E-state index in [4.69, 9.17) is 15.3 Å². The molecule has 0 aromatic heterocycles. The van der Waals surface area contributed by atoms with E-state index in [1.54, 1.807) is 25.3 Å². The SMILES string of the molecule is COc1ccc(Sc2c(C#N)cccc2C#N)cc1. The van der Waals surface area contributed by atoms with E-state index >= 15 is 0 Å². The van der Waals surface area contributed by atoms with Crippen molar-refractivity contribution in [3.05, 3.63) is 53.6 Å². The topological polar surface area (TPSA) is 56.8 Å². The molecule has 0 bridgehead atoms. The third-order valence-corrected chi connectivity index (χ3v) is 3.69. The number of nitrogens with zero attached hydrogens (tertiary/aromatic N) is 2. The lowest BCUT2D eigenvalue weighted by Crippen LogP contribution is -1.87. The smallest absolute Gasteiger partial charge is 0.118 e. The summed E-state index contributed by atoms with van der Waals surface area (Å²) in [4.78, 5) is 1.65. The fourth-order valence-corrected chi connectivity index (χ4v) is 2.54. The quantitative estimate of drug-likeness (QED) is 0.851. The molecule has 0 radical (unpaired) electrons. The zero-order chi connectivity index (χ0) is 13.7. The van der Waals surface area contributed by atoms with Gasteiger partial charge < -0.3 is 4.74 Å². The first-order valence-corrected chi connectivity index (χ1v) is 6.35. The zero-order valence-electron chi connectivity index (χ0n) is 10.3. The van der Waals surface area contributed by atoms with E-state index in [0.29, 0.717) is 16.0 Å². The van der Waals surface area contributed by atoms with Crippen LogP contribution in [-0.4, -0.2) is 7.11 Å². The van der Waals surface area contributed by atoms with Crippen LogP contribution in [0.15, 0.2) is 52.3 Å². The Labute approximate surface area is 116 Å². The van der Waals surface area contributed by atoms with E-state index in [2.05, 4.69) is 12.1 Å². The molecule has 0 fully saturated rings. The Bertz CT molecular complexity index is 634. The van der Waals surface area contributed by atoms with Crippen LogP contribution in [0.4, 0.5) is 0 Å². The van der Waals surface area contributed by atoms with E-state index in [-0.39, 0.29) is 0 Å². The van der Waals surface area contributed by atoms with Gasteiger partial charge in [0.15, 0.2) is 0 Å². The molecule has 0 atom stereocenters. The first-order valence-electron chi connectivity index (χ1n) is 5.53. The molecule has 3 nitrogen and oxygen atoms in total. The van der Waals surface area contributed by atoms with Crippen LogP contribution in [0.5, 0.6) is 5.75 Å². The van der Waals surface area contributed by atoms with Crippen molar-refractivity contribution in [1.29, 1.82) is 10.5 Å². The fraction of sp³-hybridized carbons (Fsp3) is 0.0667. The van der Waals surface area contributed by atoms with E-state index in [1.807, 2.05) is 24.3 Å². The van der Waals surface area contributed by atoms with Gasteiger partial charge in [0.25, 0.3) is 0 Å². The van der Waals surface area contributed by atoms with Gasteiger partial charge in [-0.1, -0.05) is 17.8 Å². The highest BCUT2D eigenvalue weighted by atomic mass is 32.2. The summed E-state index contributed by atoms with van der Waals surface area (Å²) in [6.07, 6.45) is 0. The Morgan fingerprint density at radius 3 is 2.00 bits per heavy atom. The molecule has 0 aliphatic carbocycles. The van der Waals surface area contributed by atoms with Crippen LogP contribution in [0.2, 0.25) is 0 Å². The maximum atomic E-state index is 9.11. The van der Waals surface area contributed by atoms with Crippen molar-refractivity contribution in [2.24, 2.45) is 0 Å². The second kappa shape index (κ2) is 5.95. The highest BCUT2D eigenvalue weighted by molar-refractivity contribution is 7.99. The molecule has 0 saturated carbocycles. The lowest BCUT2D eigenvalue weighted by atomic mass is 10.1. The summed E-state index contributed by atoms with van der Waals surface area (Å²) in [5.74, 6) is 0.776. The van der Waals surface area contributed by atoms with Gasteiger partial charge in [0.2, 0.25) is 0 Å². The first-order chi connectivity index (χ1) is 9.28. The van der Waals surface area contributed by atoms with Crippen molar-refractivity contribution >= 4 is 11.8 Å². The number of benzene rings is 2.